The average Bonchev–Trinajstić information content (AvgIpc) is 2.89. The Morgan fingerprint density at radius 3 is 2.57 bits per heavy atom. The lowest BCUT2D eigenvalue weighted by molar-refractivity contribution is 0.914. The van der Waals surface area contributed by atoms with E-state index in [9.17, 15) is 4.79 Å². The average molecular weight is 297 g/mol. The minimum Gasteiger partial charge on any atom is -0.310 e. The second kappa shape index (κ2) is 5.61. The lowest BCUT2D eigenvalue weighted by Gasteiger charge is -2.07. The fourth-order valence-corrected chi connectivity index (χ4v) is 2.81. The van der Waals surface area contributed by atoms with Crippen molar-refractivity contribution in [2.24, 2.45) is 0 Å². The van der Waals surface area contributed by atoms with Gasteiger partial charge in [0.1, 0.15) is 5.82 Å². The summed E-state index contributed by atoms with van der Waals surface area (Å²) in [4.78, 5) is 24.0. The quantitative estimate of drug-likeness (QED) is 0.808. The molecule has 0 aliphatic heterocycles. The largest absolute Gasteiger partial charge is 0.310 e. The van der Waals surface area contributed by atoms with Crippen LogP contribution in [0.2, 0.25) is 0 Å². The Bertz CT molecular complexity index is 821. The molecular formula is C16H15N3OS. The van der Waals surface area contributed by atoms with E-state index in [0.29, 0.717) is 17.8 Å². The number of hydrogen-bond acceptors (Lipinski definition) is 4. The number of aromatic nitrogens is 3. The molecule has 0 amide bonds. The molecule has 0 unspecified atom stereocenters. The van der Waals surface area contributed by atoms with Gasteiger partial charge in [0.2, 0.25) is 0 Å². The number of nitrogens with zero attached hydrogens (tertiary/aromatic N) is 2. The van der Waals surface area contributed by atoms with E-state index in [1.54, 1.807) is 18.3 Å². The van der Waals surface area contributed by atoms with Gasteiger partial charge in [0.05, 0.1) is 16.4 Å². The highest BCUT2D eigenvalue weighted by Crippen LogP contribution is 2.19. The molecule has 106 valence electrons. The Kier molecular flexibility index (Phi) is 3.66. The molecule has 3 rings (SSSR count). The van der Waals surface area contributed by atoms with Crippen LogP contribution in [0.1, 0.15) is 22.1 Å². The smallest absolute Gasteiger partial charge is 0.254 e. The number of H-pyrrole nitrogens is 1. The Morgan fingerprint density at radius 2 is 1.90 bits per heavy atom. The van der Waals surface area contributed by atoms with Crippen molar-refractivity contribution in [2.45, 2.75) is 20.3 Å². The zero-order valence-electron chi connectivity index (χ0n) is 11.9. The molecular weight excluding hydrogens is 282 g/mol. The van der Waals surface area contributed by atoms with E-state index in [1.165, 1.54) is 0 Å². The van der Waals surface area contributed by atoms with E-state index in [2.05, 4.69) is 15.0 Å². The summed E-state index contributed by atoms with van der Waals surface area (Å²) in [5.41, 5.74) is 3.17. The standard InChI is InChI=1S/C16H15N3OS/c1-10-15(12-6-4-3-5-7-12)18-14(19-16(10)20)8-13-9-21-11(2)17-13/h3-7,9H,8H2,1-2H3,(H,18,19,20). The maximum atomic E-state index is 12.1. The molecule has 21 heavy (non-hydrogen) atoms. The molecule has 0 radical (unpaired) electrons. The van der Waals surface area contributed by atoms with Gasteiger partial charge in [-0.1, -0.05) is 30.3 Å². The molecule has 2 aromatic heterocycles. The SMILES string of the molecule is Cc1nc(Cc2nc(-c3ccccc3)c(C)c(=O)[nH]2)cs1. The van der Waals surface area contributed by atoms with E-state index in [4.69, 9.17) is 0 Å². The number of rotatable bonds is 3. The first-order valence-electron chi connectivity index (χ1n) is 6.69. The number of benzene rings is 1. The molecule has 3 aromatic rings. The van der Waals surface area contributed by atoms with Crippen molar-refractivity contribution in [1.82, 2.24) is 15.0 Å². The minimum atomic E-state index is -0.0918. The van der Waals surface area contributed by atoms with Crippen LogP contribution in [-0.2, 0) is 6.42 Å². The van der Waals surface area contributed by atoms with Gasteiger partial charge in [0.15, 0.2) is 0 Å². The van der Waals surface area contributed by atoms with Gasteiger partial charge in [-0.2, -0.15) is 0 Å². The molecule has 4 nitrogen and oxygen atoms in total. The molecule has 0 spiro atoms. The van der Waals surface area contributed by atoms with Gasteiger partial charge >= 0.3 is 0 Å². The fraction of sp³-hybridized carbons (Fsp3) is 0.188. The summed E-state index contributed by atoms with van der Waals surface area (Å²) in [6.07, 6.45) is 0.541. The number of aromatic amines is 1. The second-order valence-electron chi connectivity index (χ2n) is 4.89. The Balaban J connectivity index is 2.04. The number of hydrogen-bond donors (Lipinski definition) is 1. The van der Waals surface area contributed by atoms with Gasteiger partial charge in [0, 0.05) is 22.9 Å². The summed E-state index contributed by atoms with van der Waals surface area (Å²) in [5.74, 6) is 0.648. The molecule has 0 aliphatic rings. The van der Waals surface area contributed by atoms with Gasteiger partial charge in [-0.3, -0.25) is 4.79 Å². The maximum Gasteiger partial charge on any atom is 0.254 e. The van der Waals surface area contributed by atoms with Crippen molar-refractivity contribution in [2.75, 3.05) is 0 Å². The van der Waals surface area contributed by atoms with Gasteiger partial charge in [-0.25, -0.2) is 9.97 Å². The third-order valence-corrected chi connectivity index (χ3v) is 4.09. The number of nitrogens with one attached hydrogen (secondary N) is 1. The van der Waals surface area contributed by atoms with Crippen molar-refractivity contribution in [1.29, 1.82) is 0 Å². The third kappa shape index (κ3) is 2.92. The summed E-state index contributed by atoms with van der Waals surface area (Å²) >= 11 is 1.60. The van der Waals surface area contributed by atoms with Crippen molar-refractivity contribution in [3.63, 3.8) is 0 Å². The van der Waals surface area contributed by atoms with Gasteiger partial charge < -0.3 is 4.98 Å². The molecule has 0 saturated carbocycles. The minimum absolute atomic E-state index is 0.0918. The van der Waals surface area contributed by atoms with E-state index in [-0.39, 0.29) is 5.56 Å². The van der Waals surface area contributed by atoms with Crippen molar-refractivity contribution < 1.29 is 0 Å². The van der Waals surface area contributed by atoms with E-state index in [0.717, 1.165) is 22.0 Å². The monoisotopic (exact) mass is 297 g/mol. The summed E-state index contributed by atoms with van der Waals surface area (Å²) in [5, 5.41) is 3.01. The summed E-state index contributed by atoms with van der Waals surface area (Å²) in [6.45, 7) is 3.76. The van der Waals surface area contributed by atoms with Gasteiger partial charge in [0.25, 0.3) is 5.56 Å². The number of thiazole rings is 1. The normalized spacial score (nSPS) is 10.8. The lowest BCUT2D eigenvalue weighted by Crippen LogP contribution is -2.16. The third-order valence-electron chi connectivity index (χ3n) is 3.26. The van der Waals surface area contributed by atoms with Crippen molar-refractivity contribution in [3.05, 3.63) is 68.2 Å². The molecule has 0 saturated heterocycles. The first-order valence-corrected chi connectivity index (χ1v) is 7.57. The molecule has 0 bridgehead atoms. The maximum absolute atomic E-state index is 12.1. The lowest BCUT2D eigenvalue weighted by atomic mass is 10.1. The van der Waals surface area contributed by atoms with Crippen LogP contribution in [0.25, 0.3) is 11.3 Å². The van der Waals surface area contributed by atoms with E-state index >= 15 is 0 Å². The van der Waals surface area contributed by atoms with Crippen molar-refractivity contribution >= 4 is 11.3 Å². The summed E-state index contributed by atoms with van der Waals surface area (Å²) in [6, 6.07) is 9.77. The van der Waals surface area contributed by atoms with Crippen LogP contribution in [0.3, 0.4) is 0 Å². The molecule has 1 N–H and O–H groups in total. The first kappa shape index (κ1) is 13.7. The topological polar surface area (TPSA) is 58.6 Å². The van der Waals surface area contributed by atoms with Crippen LogP contribution >= 0.6 is 11.3 Å². The van der Waals surface area contributed by atoms with Crippen LogP contribution in [0.4, 0.5) is 0 Å². The Hall–Kier alpha value is -2.27. The Morgan fingerprint density at radius 1 is 1.14 bits per heavy atom. The van der Waals surface area contributed by atoms with Gasteiger partial charge in [-0.15, -0.1) is 11.3 Å². The van der Waals surface area contributed by atoms with Crippen LogP contribution in [0.15, 0.2) is 40.5 Å². The van der Waals surface area contributed by atoms with Crippen LogP contribution in [0.5, 0.6) is 0 Å². The van der Waals surface area contributed by atoms with E-state index < -0.39 is 0 Å². The van der Waals surface area contributed by atoms with Crippen LogP contribution in [-0.4, -0.2) is 15.0 Å². The highest BCUT2D eigenvalue weighted by atomic mass is 32.1. The molecule has 0 aliphatic carbocycles. The molecule has 1 aromatic carbocycles. The highest BCUT2D eigenvalue weighted by molar-refractivity contribution is 7.09. The zero-order chi connectivity index (χ0) is 14.8. The molecule has 0 atom stereocenters. The Labute approximate surface area is 126 Å². The molecule has 5 heteroatoms. The second-order valence-corrected chi connectivity index (χ2v) is 5.95. The van der Waals surface area contributed by atoms with Crippen LogP contribution < -0.4 is 5.56 Å². The van der Waals surface area contributed by atoms with Crippen molar-refractivity contribution in [3.8, 4) is 11.3 Å². The molecule has 0 fully saturated rings. The van der Waals surface area contributed by atoms with Crippen LogP contribution in [0, 0.1) is 13.8 Å². The molecule has 2 heterocycles. The summed E-state index contributed by atoms with van der Waals surface area (Å²) in [7, 11) is 0. The zero-order valence-corrected chi connectivity index (χ0v) is 12.7. The van der Waals surface area contributed by atoms with E-state index in [1.807, 2.05) is 42.6 Å². The highest BCUT2D eigenvalue weighted by Gasteiger charge is 2.10. The summed E-state index contributed by atoms with van der Waals surface area (Å²) < 4.78 is 0. The number of aryl methyl sites for hydroxylation is 1. The fourth-order valence-electron chi connectivity index (χ4n) is 2.20. The first-order chi connectivity index (χ1) is 10.1. The predicted molar refractivity (Wildman–Crippen MR) is 84.7 cm³/mol. The van der Waals surface area contributed by atoms with Gasteiger partial charge in [-0.05, 0) is 13.8 Å². The predicted octanol–water partition coefficient (Wildman–Crippen LogP) is 3.10.